The fraction of sp³-hybridized carbons (Fsp3) is 0.0909. The monoisotopic (exact) mass is 242 g/mol. The van der Waals surface area contributed by atoms with E-state index >= 15 is 0 Å². The zero-order valence-corrected chi connectivity index (χ0v) is 9.69. The summed E-state index contributed by atoms with van der Waals surface area (Å²) in [7, 11) is 1.55. The van der Waals surface area contributed by atoms with Crippen molar-refractivity contribution in [2.24, 2.45) is 7.05 Å². The number of hydrogen-bond donors (Lipinski definition) is 1. The first-order valence-corrected chi connectivity index (χ1v) is 5.07. The lowest BCUT2D eigenvalue weighted by Gasteiger charge is -2.07. The van der Waals surface area contributed by atoms with Crippen molar-refractivity contribution in [3.05, 3.63) is 33.7 Å². The van der Waals surface area contributed by atoms with E-state index in [2.05, 4.69) is 17.6 Å². The number of thiol groups is 1. The molecule has 0 saturated carbocycles. The van der Waals surface area contributed by atoms with Crippen LogP contribution in [0.5, 0.6) is 0 Å². The van der Waals surface area contributed by atoms with Gasteiger partial charge in [-0.1, -0.05) is 0 Å². The van der Waals surface area contributed by atoms with Gasteiger partial charge in [-0.15, -0.1) is 12.6 Å². The van der Waals surface area contributed by atoms with Crippen LogP contribution in [-0.2, 0) is 7.05 Å². The van der Waals surface area contributed by atoms with Gasteiger partial charge >= 0.3 is 0 Å². The molecule has 0 atom stereocenters. The second-order valence-corrected chi connectivity index (χ2v) is 3.82. The largest absolute Gasteiger partial charge is 0.309 e. The zero-order chi connectivity index (χ0) is 12.6. The van der Waals surface area contributed by atoms with Crippen molar-refractivity contribution in [2.45, 2.75) is 4.90 Å². The average Bonchev–Trinajstić information content (AvgIpc) is 2.36. The molecule has 0 bridgehead atoms. The van der Waals surface area contributed by atoms with Gasteiger partial charge in [0, 0.05) is 7.05 Å². The molecule has 0 aliphatic rings. The Morgan fingerprint density at radius 3 is 2.65 bits per heavy atom. The first kappa shape index (κ1) is 11.2. The molecule has 5 nitrogen and oxygen atoms in total. The van der Waals surface area contributed by atoms with Crippen LogP contribution in [0.2, 0.25) is 0 Å². The van der Waals surface area contributed by atoms with Crippen molar-refractivity contribution in [1.82, 2.24) is 9.55 Å². The highest BCUT2D eigenvalue weighted by atomic mass is 32.1. The zero-order valence-electron chi connectivity index (χ0n) is 8.80. The summed E-state index contributed by atoms with van der Waals surface area (Å²) in [4.78, 5) is 16.1. The molecule has 0 unspecified atom stereocenters. The summed E-state index contributed by atoms with van der Waals surface area (Å²) in [6.07, 6.45) is 0. The van der Waals surface area contributed by atoms with Crippen LogP contribution in [0.1, 0.15) is 11.3 Å². The van der Waals surface area contributed by atoms with Crippen LogP contribution in [0.4, 0.5) is 0 Å². The topological polar surface area (TPSA) is 82.5 Å². The van der Waals surface area contributed by atoms with Gasteiger partial charge in [-0.05, 0) is 12.1 Å². The van der Waals surface area contributed by atoms with Crippen LogP contribution < -0.4 is 5.56 Å². The van der Waals surface area contributed by atoms with Gasteiger partial charge < -0.3 is 4.57 Å². The number of aromatic nitrogens is 2. The lowest BCUT2D eigenvalue weighted by atomic mass is 10.2. The average molecular weight is 242 g/mol. The van der Waals surface area contributed by atoms with Crippen molar-refractivity contribution in [2.75, 3.05) is 0 Å². The molecule has 0 saturated heterocycles. The smallest absolute Gasteiger partial charge is 0.269 e. The van der Waals surface area contributed by atoms with Gasteiger partial charge in [-0.2, -0.15) is 10.5 Å². The van der Waals surface area contributed by atoms with Crippen LogP contribution in [0.25, 0.3) is 11.0 Å². The van der Waals surface area contributed by atoms with E-state index < -0.39 is 5.56 Å². The van der Waals surface area contributed by atoms with Crippen LogP contribution in [0.15, 0.2) is 21.8 Å². The second kappa shape index (κ2) is 3.93. The van der Waals surface area contributed by atoms with E-state index in [4.69, 9.17) is 10.5 Å². The molecule has 0 radical (unpaired) electrons. The molecule has 0 spiro atoms. The van der Waals surface area contributed by atoms with E-state index in [-0.39, 0.29) is 16.2 Å². The summed E-state index contributed by atoms with van der Waals surface area (Å²) in [5.41, 5.74) is 0.654. The third-order valence-electron chi connectivity index (χ3n) is 2.44. The maximum Gasteiger partial charge on any atom is 0.269 e. The fourth-order valence-electron chi connectivity index (χ4n) is 1.56. The minimum atomic E-state index is -0.420. The molecule has 0 fully saturated rings. The first-order valence-electron chi connectivity index (χ1n) is 4.63. The van der Waals surface area contributed by atoms with Crippen molar-refractivity contribution >= 4 is 23.7 Å². The normalized spacial score (nSPS) is 9.88. The van der Waals surface area contributed by atoms with E-state index in [0.717, 1.165) is 0 Å². The van der Waals surface area contributed by atoms with Crippen molar-refractivity contribution in [3.8, 4) is 12.1 Å². The third-order valence-corrected chi connectivity index (χ3v) is 2.88. The second-order valence-electron chi connectivity index (χ2n) is 3.38. The summed E-state index contributed by atoms with van der Waals surface area (Å²) in [5.74, 6) is 0. The van der Waals surface area contributed by atoms with Gasteiger partial charge in [0.2, 0.25) is 0 Å². The Morgan fingerprint density at radius 2 is 2.06 bits per heavy atom. The highest BCUT2D eigenvalue weighted by molar-refractivity contribution is 7.80. The Labute approximate surface area is 102 Å². The number of hydrogen-bond acceptors (Lipinski definition) is 5. The molecule has 0 aliphatic heterocycles. The number of rotatable bonds is 0. The molecule has 0 amide bonds. The predicted octanol–water partition coefficient (Wildman–Crippen LogP) is 0.966. The van der Waals surface area contributed by atoms with E-state index in [9.17, 15) is 4.79 Å². The van der Waals surface area contributed by atoms with Crippen molar-refractivity contribution < 1.29 is 0 Å². The SMILES string of the molecule is Cn1c(=O)c(C#N)c(S)c2nc(C#N)ccc21. The molecule has 0 aromatic carbocycles. The Hall–Kier alpha value is -2.31. The van der Waals surface area contributed by atoms with Gasteiger partial charge in [0.1, 0.15) is 28.9 Å². The highest BCUT2D eigenvalue weighted by Crippen LogP contribution is 2.20. The van der Waals surface area contributed by atoms with E-state index in [1.165, 1.54) is 10.6 Å². The lowest BCUT2D eigenvalue weighted by Crippen LogP contribution is -2.21. The molecule has 6 heteroatoms. The van der Waals surface area contributed by atoms with Crippen molar-refractivity contribution in [3.63, 3.8) is 0 Å². The molecule has 2 aromatic rings. The lowest BCUT2D eigenvalue weighted by molar-refractivity contribution is 0.887. The van der Waals surface area contributed by atoms with Gasteiger partial charge in [0.05, 0.1) is 10.4 Å². The molecule has 0 aliphatic carbocycles. The maximum atomic E-state index is 11.8. The summed E-state index contributed by atoms with van der Waals surface area (Å²) in [6, 6.07) is 6.83. The van der Waals surface area contributed by atoms with Crippen molar-refractivity contribution in [1.29, 1.82) is 10.5 Å². The maximum absolute atomic E-state index is 11.8. The van der Waals surface area contributed by atoms with Crippen LogP contribution in [0.3, 0.4) is 0 Å². The Bertz CT molecular complexity index is 764. The molecule has 2 aromatic heterocycles. The summed E-state index contributed by atoms with van der Waals surface area (Å²) in [5, 5.41) is 17.7. The molecule has 2 rings (SSSR count). The van der Waals surface area contributed by atoms with Gasteiger partial charge in [-0.3, -0.25) is 4.79 Å². The molecule has 0 N–H and O–H groups in total. The number of pyridine rings is 2. The molecular weight excluding hydrogens is 236 g/mol. The van der Waals surface area contributed by atoms with Crippen LogP contribution in [0, 0.1) is 22.7 Å². The van der Waals surface area contributed by atoms with E-state index in [1.54, 1.807) is 19.2 Å². The quantitative estimate of drug-likeness (QED) is 0.698. The molecular formula is C11H6N4OS. The molecule has 82 valence electrons. The number of nitrogens with zero attached hydrogens (tertiary/aromatic N) is 4. The number of aryl methyl sites for hydroxylation is 1. The van der Waals surface area contributed by atoms with Gasteiger partial charge in [0.15, 0.2) is 0 Å². The van der Waals surface area contributed by atoms with Gasteiger partial charge in [-0.25, -0.2) is 4.98 Å². The standard InChI is InChI=1S/C11H6N4OS/c1-15-8-3-2-6(4-12)14-9(8)10(17)7(5-13)11(15)16/h2-3,17H,1H3. The minimum absolute atomic E-state index is 0.0640. The Kier molecular flexibility index (Phi) is 2.58. The Balaban J connectivity index is 3.07. The van der Waals surface area contributed by atoms with Gasteiger partial charge in [0.25, 0.3) is 5.56 Å². The number of nitriles is 2. The van der Waals surface area contributed by atoms with E-state index in [1.807, 2.05) is 6.07 Å². The summed E-state index contributed by atoms with van der Waals surface area (Å²) >= 11 is 4.14. The third kappa shape index (κ3) is 1.55. The highest BCUT2D eigenvalue weighted by Gasteiger charge is 2.13. The summed E-state index contributed by atoms with van der Waals surface area (Å²) in [6.45, 7) is 0. The number of fused-ring (bicyclic) bond motifs is 1. The molecule has 17 heavy (non-hydrogen) atoms. The van der Waals surface area contributed by atoms with Crippen LogP contribution in [-0.4, -0.2) is 9.55 Å². The predicted molar refractivity (Wildman–Crippen MR) is 63.7 cm³/mol. The minimum Gasteiger partial charge on any atom is -0.309 e. The van der Waals surface area contributed by atoms with Crippen LogP contribution >= 0.6 is 12.6 Å². The molecule has 2 heterocycles. The van der Waals surface area contributed by atoms with E-state index in [0.29, 0.717) is 11.0 Å². The summed E-state index contributed by atoms with van der Waals surface area (Å²) < 4.78 is 1.32. The Morgan fingerprint density at radius 1 is 1.35 bits per heavy atom. The fourth-order valence-corrected chi connectivity index (χ4v) is 1.87. The first-order chi connectivity index (χ1) is 8.10.